The van der Waals surface area contributed by atoms with Crippen LogP contribution in [0, 0.1) is 0 Å². The predicted octanol–water partition coefficient (Wildman–Crippen LogP) is 1.33. The van der Waals surface area contributed by atoms with Crippen LogP contribution >= 0.6 is 12.2 Å². The molecule has 1 N–H and O–H groups in total. The summed E-state index contributed by atoms with van der Waals surface area (Å²) in [5, 5.41) is 3.61. The fraction of sp³-hybridized carbons (Fsp3) is 0.333. The first-order chi connectivity index (χ1) is 7.72. The van der Waals surface area contributed by atoms with Crippen molar-refractivity contribution in [3.63, 3.8) is 0 Å². The van der Waals surface area contributed by atoms with E-state index in [0.29, 0.717) is 18.1 Å². The average molecular weight is 234 g/mol. The summed E-state index contributed by atoms with van der Waals surface area (Å²) >= 11 is 5.10. The molecule has 84 valence electrons. The van der Waals surface area contributed by atoms with E-state index in [1.165, 1.54) is 0 Å². The summed E-state index contributed by atoms with van der Waals surface area (Å²) in [7, 11) is 0. The molecular formula is C12H14N2OS. The topological polar surface area (TPSA) is 32.3 Å². The zero-order valence-electron chi connectivity index (χ0n) is 9.14. The molecule has 1 amide bonds. The van der Waals surface area contributed by atoms with Crippen LogP contribution in [0.15, 0.2) is 30.3 Å². The van der Waals surface area contributed by atoms with E-state index in [1.807, 2.05) is 37.3 Å². The molecule has 0 radical (unpaired) electrons. The van der Waals surface area contributed by atoms with Crippen LogP contribution in [0.4, 0.5) is 0 Å². The lowest BCUT2D eigenvalue weighted by Gasteiger charge is -2.10. The average Bonchev–Trinajstić information content (AvgIpc) is 2.55. The lowest BCUT2D eigenvalue weighted by atomic mass is 10.1. The zero-order chi connectivity index (χ0) is 11.5. The van der Waals surface area contributed by atoms with Crippen molar-refractivity contribution in [2.45, 2.75) is 19.4 Å². The van der Waals surface area contributed by atoms with Gasteiger partial charge in [0.15, 0.2) is 5.11 Å². The highest BCUT2D eigenvalue weighted by molar-refractivity contribution is 7.80. The van der Waals surface area contributed by atoms with E-state index in [9.17, 15) is 4.79 Å². The fourth-order valence-corrected chi connectivity index (χ4v) is 2.23. The fourth-order valence-electron chi connectivity index (χ4n) is 1.86. The third-order valence-electron chi connectivity index (χ3n) is 2.71. The van der Waals surface area contributed by atoms with E-state index < -0.39 is 0 Å². The van der Waals surface area contributed by atoms with Crippen LogP contribution in [-0.4, -0.2) is 28.5 Å². The SMILES string of the molecule is CCN1C(=O)[C@H](Cc2ccccc2)NC1=S. The Morgan fingerprint density at radius 3 is 2.62 bits per heavy atom. The first kappa shape index (κ1) is 11.1. The van der Waals surface area contributed by atoms with Crippen LogP contribution in [0.3, 0.4) is 0 Å². The molecule has 0 spiro atoms. The summed E-state index contributed by atoms with van der Waals surface area (Å²) in [6, 6.07) is 9.76. The molecule has 0 aliphatic carbocycles. The molecule has 2 rings (SSSR count). The van der Waals surface area contributed by atoms with Crippen molar-refractivity contribution in [2.75, 3.05) is 6.54 Å². The monoisotopic (exact) mass is 234 g/mol. The summed E-state index contributed by atoms with van der Waals surface area (Å²) in [5.41, 5.74) is 1.15. The Labute approximate surface area is 100 Å². The maximum atomic E-state index is 11.9. The third-order valence-corrected chi connectivity index (χ3v) is 3.04. The predicted molar refractivity (Wildman–Crippen MR) is 67.1 cm³/mol. The van der Waals surface area contributed by atoms with Gasteiger partial charge in [0.1, 0.15) is 6.04 Å². The minimum Gasteiger partial charge on any atom is -0.350 e. The summed E-state index contributed by atoms with van der Waals surface area (Å²) in [4.78, 5) is 13.5. The van der Waals surface area contributed by atoms with Crippen LogP contribution in [-0.2, 0) is 11.2 Å². The number of hydrogen-bond donors (Lipinski definition) is 1. The standard InChI is InChI=1S/C12H14N2OS/c1-2-14-11(15)10(13-12(14)16)8-9-6-4-3-5-7-9/h3-7,10H,2,8H2,1H3,(H,13,16)/t10-/m0/s1. The van der Waals surface area contributed by atoms with Gasteiger partial charge in [0, 0.05) is 13.0 Å². The maximum absolute atomic E-state index is 11.9. The molecule has 1 fully saturated rings. The molecule has 1 saturated heterocycles. The van der Waals surface area contributed by atoms with Crippen LogP contribution in [0.1, 0.15) is 12.5 Å². The largest absolute Gasteiger partial charge is 0.350 e. The molecule has 1 aliphatic rings. The van der Waals surface area contributed by atoms with Crippen LogP contribution < -0.4 is 5.32 Å². The van der Waals surface area contributed by atoms with Gasteiger partial charge in [-0.2, -0.15) is 0 Å². The smallest absolute Gasteiger partial charge is 0.251 e. The Bertz CT molecular complexity index is 405. The van der Waals surface area contributed by atoms with Crippen molar-refractivity contribution in [2.24, 2.45) is 0 Å². The number of hydrogen-bond acceptors (Lipinski definition) is 2. The van der Waals surface area contributed by atoms with Crippen LogP contribution in [0.25, 0.3) is 0 Å². The van der Waals surface area contributed by atoms with Crippen LogP contribution in [0.2, 0.25) is 0 Å². The van der Waals surface area contributed by atoms with Crippen molar-refractivity contribution in [1.29, 1.82) is 0 Å². The lowest BCUT2D eigenvalue weighted by molar-refractivity contribution is -0.126. The van der Waals surface area contributed by atoms with E-state index in [1.54, 1.807) is 4.90 Å². The van der Waals surface area contributed by atoms with E-state index in [2.05, 4.69) is 5.32 Å². The molecule has 1 atom stereocenters. The molecule has 1 aliphatic heterocycles. The molecule has 0 unspecified atom stereocenters. The van der Waals surface area contributed by atoms with Crippen molar-refractivity contribution >= 4 is 23.2 Å². The Kier molecular flexibility index (Phi) is 3.19. The summed E-state index contributed by atoms with van der Waals surface area (Å²) < 4.78 is 0. The molecule has 1 aromatic carbocycles. The molecule has 4 heteroatoms. The number of rotatable bonds is 3. The second-order valence-electron chi connectivity index (χ2n) is 3.77. The normalized spacial score (nSPS) is 20.1. The number of benzene rings is 1. The van der Waals surface area contributed by atoms with Gasteiger partial charge in [-0.1, -0.05) is 30.3 Å². The van der Waals surface area contributed by atoms with Crippen LogP contribution in [0.5, 0.6) is 0 Å². The molecule has 1 aromatic rings. The van der Waals surface area contributed by atoms with E-state index >= 15 is 0 Å². The minimum atomic E-state index is -0.199. The summed E-state index contributed by atoms with van der Waals surface area (Å²) in [5.74, 6) is 0.0800. The second-order valence-corrected chi connectivity index (χ2v) is 4.16. The van der Waals surface area contributed by atoms with Crippen molar-refractivity contribution in [1.82, 2.24) is 10.2 Å². The molecule has 0 bridgehead atoms. The lowest BCUT2D eigenvalue weighted by Crippen LogP contribution is -2.32. The molecule has 1 heterocycles. The number of thiocarbonyl (C=S) groups is 1. The molecule has 0 aromatic heterocycles. The number of carbonyl (C=O) groups excluding carboxylic acids is 1. The van der Waals surface area contributed by atoms with Crippen molar-refractivity contribution < 1.29 is 4.79 Å². The Hall–Kier alpha value is -1.42. The highest BCUT2D eigenvalue weighted by atomic mass is 32.1. The van der Waals surface area contributed by atoms with E-state index in [0.717, 1.165) is 5.56 Å². The van der Waals surface area contributed by atoms with Gasteiger partial charge in [0.25, 0.3) is 5.91 Å². The highest BCUT2D eigenvalue weighted by Crippen LogP contribution is 2.11. The molecule has 0 saturated carbocycles. The number of nitrogens with zero attached hydrogens (tertiary/aromatic N) is 1. The van der Waals surface area contributed by atoms with Gasteiger partial charge in [0.05, 0.1) is 0 Å². The minimum absolute atomic E-state index is 0.0800. The highest BCUT2D eigenvalue weighted by Gasteiger charge is 2.33. The van der Waals surface area contributed by atoms with Gasteiger partial charge in [-0.05, 0) is 24.7 Å². The Morgan fingerprint density at radius 2 is 2.06 bits per heavy atom. The number of amides is 1. The van der Waals surface area contributed by atoms with Gasteiger partial charge in [-0.15, -0.1) is 0 Å². The first-order valence-electron chi connectivity index (χ1n) is 5.38. The first-order valence-corrected chi connectivity index (χ1v) is 5.79. The van der Waals surface area contributed by atoms with Gasteiger partial charge in [0.2, 0.25) is 0 Å². The van der Waals surface area contributed by atoms with E-state index in [4.69, 9.17) is 12.2 Å². The summed E-state index contributed by atoms with van der Waals surface area (Å²) in [6.45, 7) is 2.56. The molecule has 16 heavy (non-hydrogen) atoms. The quantitative estimate of drug-likeness (QED) is 0.801. The van der Waals surface area contributed by atoms with Crippen molar-refractivity contribution in [3.05, 3.63) is 35.9 Å². The zero-order valence-corrected chi connectivity index (χ0v) is 9.96. The number of carbonyl (C=O) groups is 1. The van der Waals surface area contributed by atoms with Gasteiger partial charge >= 0.3 is 0 Å². The Morgan fingerprint density at radius 1 is 1.38 bits per heavy atom. The summed E-state index contributed by atoms with van der Waals surface area (Å²) in [6.07, 6.45) is 0.691. The third kappa shape index (κ3) is 2.07. The van der Waals surface area contributed by atoms with Gasteiger partial charge < -0.3 is 5.32 Å². The molecule has 3 nitrogen and oxygen atoms in total. The number of nitrogens with one attached hydrogen (secondary N) is 1. The van der Waals surface area contributed by atoms with Gasteiger partial charge in [-0.25, -0.2) is 0 Å². The molecular weight excluding hydrogens is 220 g/mol. The maximum Gasteiger partial charge on any atom is 0.251 e. The van der Waals surface area contributed by atoms with Crippen molar-refractivity contribution in [3.8, 4) is 0 Å². The second kappa shape index (κ2) is 4.61. The van der Waals surface area contributed by atoms with Gasteiger partial charge in [-0.3, -0.25) is 9.69 Å². The number of likely N-dealkylation sites (N-methyl/N-ethyl adjacent to an activating group) is 1. The Balaban J connectivity index is 2.08. The van der Waals surface area contributed by atoms with E-state index in [-0.39, 0.29) is 11.9 Å².